The average Bonchev–Trinajstić information content (AvgIpc) is 2.96. The molecule has 8 nitrogen and oxygen atoms in total. The first-order chi connectivity index (χ1) is 12.0. The highest BCUT2D eigenvalue weighted by Crippen LogP contribution is 2.37. The first-order valence-electron chi connectivity index (χ1n) is 8.19. The van der Waals surface area contributed by atoms with E-state index in [-0.39, 0.29) is 10.6 Å². The lowest BCUT2D eigenvalue weighted by atomic mass is 9.98. The van der Waals surface area contributed by atoms with E-state index in [0.717, 1.165) is 12.0 Å². The quantitative estimate of drug-likeness (QED) is 0.611. The number of aromatic nitrogens is 2. The summed E-state index contributed by atoms with van der Waals surface area (Å²) in [6.07, 6.45) is 1.30. The van der Waals surface area contributed by atoms with Crippen molar-refractivity contribution in [3.63, 3.8) is 0 Å². The van der Waals surface area contributed by atoms with Gasteiger partial charge in [0.15, 0.2) is 11.5 Å². The molecule has 1 aliphatic heterocycles. The molecule has 0 N–H and O–H groups in total. The average molecular weight is 346 g/mol. The molecule has 25 heavy (non-hydrogen) atoms. The van der Waals surface area contributed by atoms with Crippen molar-refractivity contribution in [2.24, 2.45) is 7.05 Å². The molecule has 0 saturated heterocycles. The molecule has 134 valence electrons. The Morgan fingerprint density at radius 3 is 2.44 bits per heavy atom. The third kappa shape index (κ3) is 2.88. The number of aryl methyl sites for hydroxylation is 2. The Morgan fingerprint density at radius 1 is 1.24 bits per heavy atom. The SMILES string of the molecule is CCc1nn(C)c(N2CCc3cc(OC)c(OC)cc3C2)c1[N+](=O)[O-]. The number of hydrogen-bond donors (Lipinski definition) is 0. The van der Waals surface area contributed by atoms with Crippen molar-refractivity contribution in [2.75, 3.05) is 25.7 Å². The minimum atomic E-state index is -0.328. The van der Waals surface area contributed by atoms with Crippen LogP contribution in [0.1, 0.15) is 23.7 Å². The Bertz CT molecular complexity index is 815. The molecule has 0 radical (unpaired) electrons. The summed E-state index contributed by atoms with van der Waals surface area (Å²) in [5, 5.41) is 15.9. The lowest BCUT2D eigenvalue weighted by Crippen LogP contribution is -2.32. The minimum absolute atomic E-state index is 0.105. The summed E-state index contributed by atoms with van der Waals surface area (Å²) in [6, 6.07) is 3.93. The molecule has 2 aromatic rings. The van der Waals surface area contributed by atoms with Crippen LogP contribution in [0.5, 0.6) is 11.5 Å². The van der Waals surface area contributed by atoms with E-state index in [1.807, 2.05) is 24.0 Å². The molecule has 0 amide bonds. The van der Waals surface area contributed by atoms with Crippen molar-refractivity contribution in [3.8, 4) is 11.5 Å². The molecule has 0 bridgehead atoms. The highest BCUT2D eigenvalue weighted by atomic mass is 16.6. The Kier molecular flexibility index (Phi) is 4.52. The van der Waals surface area contributed by atoms with Gasteiger partial charge in [0.1, 0.15) is 5.69 Å². The predicted octanol–water partition coefficient (Wildman–Crippen LogP) is 2.47. The second-order valence-corrected chi connectivity index (χ2v) is 6.00. The molecular formula is C17H22N4O4. The van der Waals surface area contributed by atoms with Crippen LogP contribution in [0.15, 0.2) is 12.1 Å². The third-order valence-electron chi connectivity index (χ3n) is 4.60. The minimum Gasteiger partial charge on any atom is -0.493 e. The lowest BCUT2D eigenvalue weighted by molar-refractivity contribution is -0.384. The Hall–Kier alpha value is -2.77. The summed E-state index contributed by atoms with van der Waals surface area (Å²) in [6.45, 7) is 3.13. The van der Waals surface area contributed by atoms with Crippen molar-refractivity contribution >= 4 is 11.5 Å². The summed E-state index contributed by atoms with van der Waals surface area (Å²) in [4.78, 5) is 13.3. The van der Waals surface area contributed by atoms with Gasteiger partial charge < -0.3 is 14.4 Å². The first kappa shape index (κ1) is 17.1. The van der Waals surface area contributed by atoms with Gasteiger partial charge in [0, 0.05) is 20.1 Å². The van der Waals surface area contributed by atoms with Crippen molar-refractivity contribution in [1.82, 2.24) is 9.78 Å². The summed E-state index contributed by atoms with van der Waals surface area (Å²) in [5.41, 5.74) is 2.88. The van der Waals surface area contributed by atoms with Crippen LogP contribution < -0.4 is 14.4 Å². The second kappa shape index (κ2) is 6.62. The number of nitrogens with zero attached hydrogens (tertiary/aromatic N) is 4. The highest BCUT2D eigenvalue weighted by molar-refractivity contribution is 5.63. The van der Waals surface area contributed by atoms with E-state index in [0.29, 0.717) is 42.5 Å². The Morgan fingerprint density at radius 2 is 1.88 bits per heavy atom. The van der Waals surface area contributed by atoms with Crippen LogP contribution >= 0.6 is 0 Å². The maximum Gasteiger partial charge on any atom is 0.334 e. The van der Waals surface area contributed by atoms with Gasteiger partial charge in [0.2, 0.25) is 5.82 Å². The van der Waals surface area contributed by atoms with E-state index < -0.39 is 0 Å². The number of nitro groups is 1. The molecule has 1 aromatic carbocycles. The van der Waals surface area contributed by atoms with E-state index in [1.54, 1.807) is 25.9 Å². The molecule has 0 fully saturated rings. The molecule has 0 atom stereocenters. The highest BCUT2D eigenvalue weighted by Gasteiger charge is 2.31. The molecule has 1 aromatic heterocycles. The van der Waals surface area contributed by atoms with Crippen LogP contribution in [0.25, 0.3) is 0 Å². The maximum atomic E-state index is 11.6. The summed E-state index contributed by atoms with van der Waals surface area (Å²) in [7, 11) is 4.97. The molecule has 0 saturated carbocycles. The van der Waals surface area contributed by atoms with Crippen LogP contribution in [0, 0.1) is 10.1 Å². The van der Waals surface area contributed by atoms with Crippen molar-refractivity contribution in [2.45, 2.75) is 26.3 Å². The molecule has 0 aliphatic carbocycles. The zero-order valence-corrected chi connectivity index (χ0v) is 14.9. The van der Waals surface area contributed by atoms with E-state index in [2.05, 4.69) is 5.10 Å². The van der Waals surface area contributed by atoms with E-state index in [4.69, 9.17) is 9.47 Å². The number of fused-ring (bicyclic) bond motifs is 1. The molecular weight excluding hydrogens is 324 g/mol. The van der Waals surface area contributed by atoms with Gasteiger partial charge in [0.25, 0.3) is 0 Å². The number of rotatable bonds is 5. The molecule has 0 unspecified atom stereocenters. The fourth-order valence-electron chi connectivity index (χ4n) is 3.40. The lowest BCUT2D eigenvalue weighted by Gasteiger charge is -2.30. The van der Waals surface area contributed by atoms with Crippen molar-refractivity contribution in [3.05, 3.63) is 39.1 Å². The number of benzene rings is 1. The molecule has 0 spiro atoms. The monoisotopic (exact) mass is 346 g/mol. The van der Waals surface area contributed by atoms with Crippen LogP contribution in [0.3, 0.4) is 0 Å². The summed E-state index contributed by atoms with van der Waals surface area (Å²) >= 11 is 0. The largest absolute Gasteiger partial charge is 0.493 e. The number of anilines is 1. The van der Waals surface area contributed by atoms with Gasteiger partial charge in [-0.1, -0.05) is 6.92 Å². The normalized spacial score (nSPS) is 13.5. The van der Waals surface area contributed by atoms with Crippen LogP contribution in [-0.4, -0.2) is 35.5 Å². The third-order valence-corrected chi connectivity index (χ3v) is 4.60. The Labute approximate surface area is 146 Å². The smallest absolute Gasteiger partial charge is 0.334 e. The molecule has 2 heterocycles. The second-order valence-electron chi connectivity index (χ2n) is 6.00. The predicted molar refractivity (Wildman–Crippen MR) is 93.5 cm³/mol. The van der Waals surface area contributed by atoms with Gasteiger partial charge in [-0.15, -0.1) is 0 Å². The van der Waals surface area contributed by atoms with Gasteiger partial charge in [-0.3, -0.25) is 10.1 Å². The van der Waals surface area contributed by atoms with E-state index in [9.17, 15) is 10.1 Å². The van der Waals surface area contributed by atoms with Gasteiger partial charge in [0.05, 0.1) is 19.1 Å². The fraction of sp³-hybridized carbons (Fsp3) is 0.471. The maximum absolute atomic E-state index is 11.6. The molecule has 8 heteroatoms. The fourth-order valence-corrected chi connectivity index (χ4v) is 3.40. The topological polar surface area (TPSA) is 82.7 Å². The van der Waals surface area contributed by atoms with Crippen LogP contribution in [0.2, 0.25) is 0 Å². The number of ether oxygens (including phenoxy) is 2. The van der Waals surface area contributed by atoms with Gasteiger partial charge in [-0.25, -0.2) is 4.68 Å². The first-order valence-corrected chi connectivity index (χ1v) is 8.19. The zero-order valence-electron chi connectivity index (χ0n) is 14.9. The van der Waals surface area contributed by atoms with E-state index in [1.165, 1.54) is 5.56 Å². The van der Waals surface area contributed by atoms with Gasteiger partial charge >= 0.3 is 5.69 Å². The van der Waals surface area contributed by atoms with Crippen molar-refractivity contribution < 1.29 is 14.4 Å². The van der Waals surface area contributed by atoms with Crippen LogP contribution in [-0.2, 0) is 26.4 Å². The number of methoxy groups -OCH3 is 2. The van der Waals surface area contributed by atoms with Crippen LogP contribution in [0.4, 0.5) is 11.5 Å². The van der Waals surface area contributed by atoms with E-state index >= 15 is 0 Å². The zero-order chi connectivity index (χ0) is 18.1. The molecule has 3 rings (SSSR count). The van der Waals surface area contributed by atoms with Crippen molar-refractivity contribution in [1.29, 1.82) is 0 Å². The summed E-state index contributed by atoms with van der Waals surface area (Å²) in [5.74, 6) is 1.92. The van der Waals surface area contributed by atoms with Gasteiger partial charge in [-0.2, -0.15) is 5.10 Å². The van der Waals surface area contributed by atoms with Gasteiger partial charge in [-0.05, 0) is 36.1 Å². The standard InChI is InChI=1S/C17H22N4O4/c1-5-13-16(21(22)23)17(19(2)18-13)20-7-6-11-8-14(24-3)15(25-4)9-12(11)10-20/h8-9H,5-7,10H2,1-4H3. The molecule has 1 aliphatic rings. The Balaban J connectivity index is 2.01. The number of hydrogen-bond acceptors (Lipinski definition) is 6. The summed E-state index contributed by atoms with van der Waals surface area (Å²) < 4.78 is 12.4.